The van der Waals surface area contributed by atoms with Crippen molar-refractivity contribution in [2.75, 3.05) is 20.3 Å². The Balaban J connectivity index is 2.29. The van der Waals surface area contributed by atoms with Crippen molar-refractivity contribution in [1.29, 1.82) is 0 Å². The van der Waals surface area contributed by atoms with Crippen molar-refractivity contribution in [3.8, 4) is 0 Å². The van der Waals surface area contributed by atoms with Crippen LogP contribution in [0.25, 0.3) is 0 Å². The van der Waals surface area contributed by atoms with Crippen LogP contribution in [0.2, 0.25) is 0 Å². The molecule has 1 saturated heterocycles. The summed E-state index contributed by atoms with van der Waals surface area (Å²) >= 11 is 0. The third-order valence-corrected chi connectivity index (χ3v) is 8.02. The van der Waals surface area contributed by atoms with Crippen molar-refractivity contribution < 1.29 is 38.5 Å². The van der Waals surface area contributed by atoms with Crippen LogP contribution in [-0.4, -0.2) is 61.8 Å². The van der Waals surface area contributed by atoms with Crippen molar-refractivity contribution in [1.82, 2.24) is 10.8 Å². The minimum Gasteiger partial charge on any atom is -0.451 e. The summed E-state index contributed by atoms with van der Waals surface area (Å²) in [6, 6.07) is 0. The molecule has 4 unspecified atom stereocenters. The molecule has 0 aliphatic carbocycles. The lowest BCUT2D eigenvalue weighted by Crippen LogP contribution is -2.48. The van der Waals surface area contributed by atoms with Crippen LogP contribution in [0.1, 0.15) is 142 Å². The molecule has 0 aromatic carbocycles. The zero-order valence-electron chi connectivity index (χ0n) is 26.7. The van der Waals surface area contributed by atoms with Crippen LogP contribution >= 0.6 is 0 Å². The molecule has 0 aromatic heterocycles. The van der Waals surface area contributed by atoms with Crippen molar-refractivity contribution >= 4 is 18.2 Å². The van der Waals surface area contributed by atoms with Gasteiger partial charge in [-0.3, -0.25) is 0 Å². The van der Waals surface area contributed by atoms with E-state index in [1.165, 1.54) is 83.5 Å². The molecule has 2 amide bonds. The third kappa shape index (κ3) is 18.5. The predicted octanol–water partition coefficient (Wildman–Crippen LogP) is 7.11. The Morgan fingerprint density at radius 3 is 1.95 bits per heavy atom. The SMILES string of the molecule is CCCCCCCCCCCCCCCCCNC(=O)OC1CCCOC1C(CCC(O)CC)C(=O)ONC(=O)OC. The molecule has 10 heteroatoms. The zero-order chi connectivity index (χ0) is 30.8. The van der Waals surface area contributed by atoms with Gasteiger partial charge in [-0.1, -0.05) is 104 Å². The van der Waals surface area contributed by atoms with Gasteiger partial charge in [0.1, 0.15) is 12.2 Å². The molecule has 0 spiro atoms. The van der Waals surface area contributed by atoms with Gasteiger partial charge in [-0.2, -0.15) is 0 Å². The number of unbranched alkanes of at least 4 members (excludes halogenated alkanes) is 14. The highest BCUT2D eigenvalue weighted by Gasteiger charge is 2.40. The fourth-order valence-corrected chi connectivity index (χ4v) is 5.34. The quantitative estimate of drug-likeness (QED) is 0.0642. The van der Waals surface area contributed by atoms with Gasteiger partial charge in [0, 0.05) is 13.2 Å². The maximum Gasteiger partial charge on any atom is 0.440 e. The number of carbonyl (C=O) groups is 3. The molecule has 0 bridgehead atoms. The summed E-state index contributed by atoms with van der Waals surface area (Å²) in [6.45, 7) is 5.06. The first-order valence-corrected chi connectivity index (χ1v) is 16.7. The summed E-state index contributed by atoms with van der Waals surface area (Å²) in [5, 5.41) is 12.9. The molecular formula is C32H60N2O8. The van der Waals surface area contributed by atoms with E-state index < -0.39 is 42.4 Å². The highest BCUT2D eigenvalue weighted by Crippen LogP contribution is 2.28. The second kappa shape index (κ2) is 25.4. The summed E-state index contributed by atoms with van der Waals surface area (Å²) in [7, 11) is 1.16. The fourth-order valence-electron chi connectivity index (χ4n) is 5.34. The Morgan fingerprint density at radius 1 is 0.833 bits per heavy atom. The number of nitrogens with one attached hydrogen (secondary N) is 2. The number of hydrogen-bond acceptors (Lipinski definition) is 8. The fraction of sp³-hybridized carbons (Fsp3) is 0.906. The largest absolute Gasteiger partial charge is 0.451 e. The first-order chi connectivity index (χ1) is 20.4. The number of alkyl carbamates (subject to hydrolysis) is 1. The van der Waals surface area contributed by atoms with E-state index in [0.717, 1.165) is 20.0 Å². The lowest BCUT2D eigenvalue weighted by atomic mass is 9.88. The molecule has 246 valence electrons. The lowest BCUT2D eigenvalue weighted by molar-refractivity contribution is -0.170. The predicted molar refractivity (Wildman–Crippen MR) is 163 cm³/mol. The number of hydroxylamine groups is 1. The standard InChI is InChI=1S/C32H60N2O8/c1-4-6-7-8-9-10-11-12-13-14-15-16-17-18-19-24-33-31(37)41-28-21-20-25-40-29(28)27(23-22-26(35)5-2)30(36)42-34-32(38)39-3/h26-29,35H,4-25H2,1-3H3,(H,33,37)(H,34,38). The number of hydrogen-bond donors (Lipinski definition) is 3. The first-order valence-electron chi connectivity index (χ1n) is 16.7. The molecule has 0 radical (unpaired) electrons. The van der Waals surface area contributed by atoms with Crippen molar-refractivity contribution in [2.45, 2.75) is 161 Å². The maximum atomic E-state index is 12.8. The summed E-state index contributed by atoms with van der Waals surface area (Å²) in [6.07, 6.45) is 18.2. The highest BCUT2D eigenvalue weighted by molar-refractivity contribution is 5.76. The van der Waals surface area contributed by atoms with Gasteiger partial charge in [0.2, 0.25) is 0 Å². The van der Waals surface area contributed by atoms with E-state index >= 15 is 0 Å². The maximum absolute atomic E-state index is 12.8. The minimum absolute atomic E-state index is 0.252. The summed E-state index contributed by atoms with van der Waals surface area (Å²) in [5.41, 5.74) is 1.93. The molecule has 1 rings (SSSR count). The van der Waals surface area contributed by atoms with E-state index in [1.807, 2.05) is 12.4 Å². The molecule has 42 heavy (non-hydrogen) atoms. The monoisotopic (exact) mass is 600 g/mol. The van der Waals surface area contributed by atoms with E-state index in [0.29, 0.717) is 38.8 Å². The van der Waals surface area contributed by atoms with Gasteiger partial charge in [0.15, 0.2) is 0 Å². The Labute approximate surface area is 254 Å². The number of rotatable bonds is 23. The van der Waals surface area contributed by atoms with Gasteiger partial charge in [-0.15, -0.1) is 5.48 Å². The zero-order valence-corrected chi connectivity index (χ0v) is 26.7. The van der Waals surface area contributed by atoms with Gasteiger partial charge in [0.25, 0.3) is 0 Å². The number of carbonyl (C=O) groups excluding carboxylic acids is 3. The van der Waals surface area contributed by atoms with E-state index in [1.54, 1.807) is 0 Å². The number of ether oxygens (including phenoxy) is 3. The number of aliphatic hydroxyl groups excluding tert-OH is 1. The van der Waals surface area contributed by atoms with Crippen molar-refractivity contribution in [3.63, 3.8) is 0 Å². The molecule has 0 saturated carbocycles. The van der Waals surface area contributed by atoms with Crippen LogP contribution in [0.3, 0.4) is 0 Å². The lowest BCUT2D eigenvalue weighted by Gasteiger charge is -2.35. The molecule has 0 aromatic rings. The van der Waals surface area contributed by atoms with Crippen molar-refractivity contribution in [3.05, 3.63) is 0 Å². The van der Waals surface area contributed by atoms with Crippen LogP contribution < -0.4 is 10.8 Å². The Bertz CT molecular complexity index is 708. The van der Waals surface area contributed by atoms with Crippen LogP contribution in [0.15, 0.2) is 0 Å². The highest BCUT2D eigenvalue weighted by atomic mass is 16.7. The average molecular weight is 601 g/mol. The van der Waals surface area contributed by atoms with Crippen LogP contribution in [-0.2, 0) is 23.8 Å². The summed E-state index contributed by atoms with van der Waals surface area (Å²) in [5.74, 6) is -1.57. The second-order valence-electron chi connectivity index (χ2n) is 11.6. The van der Waals surface area contributed by atoms with Crippen LogP contribution in [0.5, 0.6) is 0 Å². The normalized spacial score (nSPS) is 18.1. The van der Waals surface area contributed by atoms with Crippen LogP contribution in [0, 0.1) is 5.92 Å². The molecule has 1 aliphatic heterocycles. The summed E-state index contributed by atoms with van der Waals surface area (Å²) in [4.78, 5) is 41.6. The van der Waals surface area contributed by atoms with Crippen molar-refractivity contribution in [2.24, 2.45) is 5.92 Å². The summed E-state index contributed by atoms with van der Waals surface area (Å²) < 4.78 is 16.0. The molecule has 10 nitrogen and oxygen atoms in total. The Hall–Kier alpha value is -2.07. The van der Waals surface area contributed by atoms with Crippen LogP contribution in [0.4, 0.5) is 9.59 Å². The van der Waals surface area contributed by atoms with Gasteiger partial charge in [-0.25, -0.2) is 14.4 Å². The van der Waals surface area contributed by atoms with E-state index in [2.05, 4.69) is 17.0 Å². The molecule has 4 atom stereocenters. The molecule has 1 heterocycles. The van der Waals surface area contributed by atoms with Gasteiger partial charge in [0.05, 0.1) is 19.1 Å². The van der Waals surface area contributed by atoms with E-state index in [-0.39, 0.29) is 6.42 Å². The Kier molecular flexibility index (Phi) is 23.0. The Morgan fingerprint density at radius 2 is 1.40 bits per heavy atom. The molecular weight excluding hydrogens is 540 g/mol. The first kappa shape index (κ1) is 38.0. The third-order valence-electron chi connectivity index (χ3n) is 8.02. The topological polar surface area (TPSA) is 132 Å². The minimum atomic E-state index is -0.911. The van der Waals surface area contributed by atoms with E-state index in [4.69, 9.17) is 14.3 Å². The molecule has 1 fully saturated rings. The number of aliphatic hydroxyl groups is 1. The van der Waals surface area contributed by atoms with Gasteiger partial charge >= 0.3 is 18.2 Å². The molecule has 1 aliphatic rings. The smallest absolute Gasteiger partial charge is 0.440 e. The van der Waals surface area contributed by atoms with Gasteiger partial charge < -0.3 is 29.5 Å². The number of amides is 2. The molecule has 3 N–H and O–H groups in total. The van der Waals surface area contributed by atoms with E-state index in [9.17, 15) is 19.5 Å². The average Bonchev–Trinajstić information content (AvgIpc) is 3.00. The second-order valence-corrected chi connectivity index (χ2v) is 11.6. The number of methoxy groups -OCH3 is 1. The van der Waals surface area contributed by atoms with Gasteiger partial charge in [-0.05, 0) is 38.5 Å².